The van der Waals surface area contributed by atoms with Crippen LogP contribution in [0.5, 0.6) is 5.75 Å². The first-order valence-corrected chi connectivity index (χ1v) is 12.0. The van der Waals surface area contributed by atoms with Crippen molar-refractivity contribution in [1.82, 2.24) is 15.5 Å². The van der Waals surface area contributed by atoms with Gasteiger partial charge in [0.05, 0.1) is 0 Å². The second-order valence-corrected chi connectivity index (χ2v) is 9.99. The Morgan fingerprint density at radius 2 is 1.71 bits per heavy atom. The molecule has 0 saturated heterocycles. The number of nitrogens with one attached hydrogen (secondary N) is 2. The summed E-state index contributed by atoms with van der Waals surface area (Å²) in [6.07, 6.45) is 3.91. The molecule has 2 unspecified atom stereocenters. The molecule has 0 aromatic heterocycles. The van der Waals surface area contributed by atoms with Crippen LogP contribution in [0.25, 0.3) is 0 Å². The zero-order valence-electron chi connectivity index (χ0n) is 21.0. The highest BCUT2D eigenvalue weighted by Crippen LogP contribution is 2.25. The predicted molar refractivity (Wildman–Crippen MR) is 130 cm³/mol. The van der Waals surface area contributed by atoms with Crippen molar-refractivity contribution in [3.8, 4) is 5.75 Å². The smallest absolute Gasteiger partial charge is 0.408 e. The van der Waals surface area contributed by atoms with Crippen molar-refractivity contribution in [2.24, 2.45) is 5.73 Å². The molecule has 2 atom stereocenters. The first kappa shape index (κ1) is 27.9. The molecule has 0 heterocycles. The maximum absolute atomic E-state index is 13.5. The van der Waals surface area contributed by atoms with Gasteiger partial charge in [0.1, 0.15) is 23.4 Å². The van der Waals surface area contributed by atoms with E-state index in [1.54, 1.807) is 32.9 Å². The number of hydrogen-bond donors (Lipinski definition) is 4. The zero-order valence-corrected chi connectivity index (χ0v) is 21.0. The summed E-state index contributed by atoms with van der Waals surface area (Å²) in [5.74, 6) is -1.53. The summed E-state index contributed by atoms with van der Waals surface area (Å²) >= 11 is 0. The second kappa shape index (κ2) is 12.4. The van der Waals surface area contributed by atoms with Crippen LogP contribution in [0.2, 0.25) is 0 Å². The largest absolute Gasteiger partial charge is 0.508 e. The molecular weight excluding hydrogens is 452 g/mol. The Morgan fingerprint density at radius 3 is 2.26 bits per heavy atom. The van der Waals surface area contributed by atoms with Crippen LogP contribution in [0.1, 0.15) is 77.3 Å². The number of likely N-dealkylation sites (N-methyl/N-ethyl adjacent to an activating group) is 1. The van der Waals surface area contributed by atoms with Crippen molar-refractivity contribution in [3.63, 3.8) is 0 Å². The van der Waals surface area contributed by atoms with Crippen molar-refractivity contribution in [2.75, 3.05) is 7.05 Å². The van der Waals surface area contributed by atoms with E-state index in [0.29, 0.717) is 5.56 Å². The summed E-state index contributed by atoms with van der Waals surface area (Å²) < 4.78 is 5.27. The van der Waals surface area contributed by atoms with Gasteiger partial charge in [-0.3, -0.25) is 14.4 Å². The van der Waals surface area contributed by atoms with Crippen LogP contribution in [-0.4, -0.2) is 58.6 Å². The van der Waals surface area contributed by atoms with Gasteiger partial charge in [-0.2, -0.15) is 0 Å². The Hall–Kier alpha value is -3.30. The van der Waals surface area contributed by atoms with Crippen molar-refractivity contribution in [2.45, 2.75) is 89.4 Å². The fourth-order valence-electron chi connectivity index (χ4n) is 4.10. The molecule has 1 aliphatic carbocycles. The van der Waals surface area contributed by atoms with E-state index in [0.717, 1.165) is 32.1 Å². The van der Waals surface area contributed by atoms with Gasteiger partial charge in [0.25, 0.3) is 0 Å². The number of ether oxygens (including phenoxy) is 1. The van der Waals surface area contributed by atoms with E-state index in [4.69, 9.17) is 10.5 Å². The number of nitrogens with two attached hydrogens (primary N) is 1. The minimum Gasteiger partial charge on any atom is -0.508 e. The molecule has 1 aromatic carbocycles. The number of rotatable bonds is 9. The standard InChI is InChI=1S/C25H38N4O6/c1-25(2,3)35-24(34)28-19(14-15-20(26)31)23(33)29(4)21(16-10-12-18(30)13-11-16)22(32)27-17-8-6-5-7-9-17/h10-13,17,19,21,30H,5-9,14-15H2,1-4H3,(H2,26,31)(H,27,32)(H,28,34). The molecule has 0 spiro atoms. The number of benzene rings is 1. The molecule has 1 saturated carbocycles. The number of alkyl carbamates (subject to hydrolysis) is 1. The van der Waals surface area contributed by atoms with Crippen LogP contribution in [0.3, 0.4) is 0 Å². The molecule has 1 aliphatic rings. The van der Waals surface area contributed by atoms with Crippen molar-refractivity contribution in [1.29, 1.82) is 0 Å². The molecule has 1 aromatic rings. The number of hydrogen-bond acceptors (Lipinski definition) is 6. The van der Waals surface area contributed by atoms with E-state index in [1.807, 2.05) is 0 Å². The Kier molecular flexibility index (Phi) is 9.91. The molecule has 0 aliphatic heterocycles. The summed E-state index contributed by atoms with van der Waals surface area (Å²) in [5.41, 5.74) is 4.98. The van der Waals surface area contributed by atoms with Crippen molar-refractivity contribution < 1.29 is 29.0 Å². The molecule has 0 bridgehead atoms. The second-order valence-electron chi connectivity index (χ2n) is 9.99. The Labute approximate surface area is 206 Å². The number of carbonyl (C=O) groups is 4. The number of carbonyl (C=O) groups excluding carboxylic acids is 4. The quantitative estimate of drug-likeness (QED) is 0.417. The van der Waals surface area contributed by atoms with Gasteiger partial charge < -0.3 is 31.1 Å². The van der Waals surface area contributed by atoms with Crippen LogP contribution in [0.15, 0.2) is 24.3 Å². The molecule has 4 amide bonds. The molecule has 1 fully saturated rings. The van der Waals surface area contributed by atoms with E-state index in [-0.39, 0.29) is 30.5 Å². The lowest BCUT2D eigenvalue weighted by Gasteiger charge is -2.33. The van der Waals surface area contributed by atoms with Crippen LogP contribution in [-0.2, 0) is 19.1 Å². The van der Waals surface area contributed by atoms with Gasteiger partial charge in [-0.15, -0.1) is 0 Å². The first-order chi connectivity index (χ1) is 16.4. The lowest BCUT2D eigenvalue weighted by Crippen LogP contribution is -2.52. The van der Waals surface area contributed by atoms with E-state index in [9.17, 15) is 24.3 Å². The average Bonchev–Trinajstić information content (AvgIpc) is 2.77. The molecule has 5 N–H and O–H groups in total. The summed E-state index contributed by atoms with van der Waals surface area (Å²) in [5, 5.41) is 15.3. The highest BCUT2D eigenvalue weighted by atomic mass is 16.6. The Balaban J connectivity index is 2.29. The maximum atomic E-state index is 13.5. The molecular formula is C25H38N4O6. The fourth-order valence-corrected chi connectivity index (χ4v) is 4.10. The van der Waals surface area contributed by atoms with Gasteiger partial charge in [0.15, 0.2) is 0 Å². The monoisotopic (exact) mass is 490 g/mol. The van der Waals surface area contributed by atoms with Gasteiger partial charge in [-0.1, -0.05) is 31.4 Å². The van der Waals surface area contributed by atoms with Crippen LogP contribution in [0.4, 0.5) is 4.79 Å². The topological polar surface area (TPSA) is 151 Å². The van der Waals surface area contributed by atoms with Crippen LogP contribution < -0.4 is 16.4 Å². The minimum atomic E-state index is -1.13. The number of aromatic hydroxyl groups is 1. The minimum absolute atomic E-state index is 0.0184. The number of phenolic OH excluding ortho intramolecular Hbond substituents is 1. The third-order valence-electron chi connectivity index (χ3n) is 5.81. The van der Waals surface area contributed by atoms with E-state index in [2.05, 4.69) is 10.6 Å². The number of primary amides is 1. The highest BCUT2D eigenvalue weighted by molar-refractivity contribution is 5.92. The van der Waals surface area contributed by atoms with Crippen LogP contribution >= 0.6 is 0 Å². The summed E-state index contributed by atoms with van der Waals surface area (Å²) in [6, 6.07) is 3.90. The van der Waals surface area contributed by atoms with Gasteiger partial charge in [0.2, 0.25) is 17.7 Å². The van der Waals surface area contributed by atoms with E-state index < -0.39 is 35.6 Å². The Bertz CT molecular complexity index is 890. The van der Waals surface area contributed by atoms with Crippen molar-refractivity contribution in [3.05, 3.63) is 29.8 Å². The van der Waals surface area contributed by atoms with Gasteiger partial charge in [-0.05, 0) is 57.7 Å². The predicted octanol–water partition coefficient (Wildman–Crippen LogP) is 2.50. The summed E-state index contributed by atoms with van der Waals surface area (Å²) in [6.45, 7) is 5.07. The number of phenols is 1. The van der Waals surface area contributed by atoms with Crippen molar-refractivity contribution >= 4 is 23.8 Å². The summed E-state index contributed by atoms with van der Waals surface area (Å²) in [4.78, 5) is 51.9. The molecule has 10 heteroatoms. The average molecular weight is 491 g/mol. The fraction of sp³-hybridized carbons (Fsp3) is 0.600. The number of nitrogens with zero attached hydrogens (tertiary/aromatic N) is 1. The van der Waals surface area contributed by atoms with Gasteiger partial charge >= 0.3 is 6.09 Å². The molecule has 0 radical (unpaired) electrons. The molecule has 2 rings (SSSR count). The zero-order chi connectivity index (χ0) is 26.2. The SMILES string of the molecule is CN(C(=O)C(CCC(N)=O)NC(=O)OC(C)(C)C)C(C(=O)NC1CCCCC1)c1ccc(O)cc1. The maximum Gasteiger partial charge on any atom is 0.408 e. The molecule has 35 heavy (non-hydrogen) atoms. The molecule has 194 valence electrons. The number of amides is 4. The third-order valence-corrected chi connectivity index (χ3v) is 5.81. The van der Waals surface area contributed by atoms with Crippen LogP contribution in [0, 0.1) is 0 Å². The highest BCUT2D eigenvalue weighted by Gasteiger charge is 2.35. The van der Waals surface area contributed by atoms with E-state index in [1.165, 1.54) is 24.1 Å². The van der Waals surface area contributed by atoms with Gasteiger partial charge in [0, 0.05) is 19.5 Å². The Morgan fingerprint density at radius 1 is 1.11 bits per heavy atom. The van der Waals surface area contributed by atoms with Gasteiger partial charge in [-0.25, -0.2) is 4.79 Å². The summed E-state index contributed by atoms with van der Waals surface area (Å²) in [7, 11) is 1.47. The lowest BCUT2D eigenvalue weighted by atomic mass is 9.94. The third kappa shape index (κ3) is 9.11. The van der Waals surface area contributed by atoms with E-state index >= 15 is 0 Å². The molecule has 10 nitrogen and oxygen atoms in total. The normalized spacial score (nSPS) is 16.0. The lowest BCUT2D eigenvalue weighted by molar-refractivity contribution is -0.141. The first-order valence-electron chi connectivity index (χ1n) is 12.0.